The number of hydrogen-bond donors (Lipinski definition) is 0. The van der Waals surface area contributed by atoms with E-state index in [1.165, 1.54) is 5.57 Å². The third-order valence-electron chi connectivity index (χ3n) is 3.22. The van der Waals surface area contributed by atoms with Gasteiger partial charge in [-0.25, -0.2) is 0 Å². The summed E-state index contributed by atoms with van der Waals surface area (Å²) in [7, 11) is 1.93. The van der Waals surface area contributed by atoms with E-state index >= 15 is 0 Å². The van der Waals surface area contributed by atoms with Gasteiger partial charge in [-0.05, 0) is 25.2 Å². The Bertz CT molecular complexity index is 232. The number of hydrogen-bond acceptors (Lipinski definition) is 1. The van der Waals surface area contributed by atoms with E-state index in [2.05, 4.69) is 6.58 Å². The van der Waals surface area contributed by atoms with Crippen LogP contribution in [0.5, 0.6) is 0 Å². The lowest BCUT2D eigenvalue weighted by molar-refractivity contribution is -0.127. The van der Waals surface area contributed by atoms with Gasteiger partial charge in [0, 0.05) is 19.5 Å². The first-order valence-corrected chi connectivity index (χ1v) is 4.61. The Kier molecular flexibility index (Phi) is 1.71. The van der Waals surface area contributed by atoms with Crippen molar-refractivity contribution in [1.82, 2.24) is 4.90 Å². The van der Waals surface area contributed by atoms with Gasteiger partial charge < -0.3 is 4.90 Å². The second kappa shape index (κ2) is 2.61. The van der Waals surface area contributed by atoms with Crippen molar-refractivity contribution in [2.45, 2.75) is 31.7 Å². The molecule has 0 aromatic rings. The van der Waals surface area contributed by atoms with Crippen molar-refractivity contribution in [1.29, 1.82) is 0 Å². The number of carbonyl (C=O) groups excluding carboxylic acids is 1. The number of allylic oxidation sites excluding steroid dienone is 1. The number of nitrogens with zero attached hydrogens (tertiary/aromatic N) is 1. The number of amides is 1. The summed E-state index contributed by atoms with van der Waals surface area (Å²) in [5, 5.41) is 0. The minimum absolute atomic E-state index is 0.319. The van der Waals surface area contributed by atoms with Crippen LogP contribution < -0.4 is 0 Å². The predicted molar refractivity (Wildman–Crippen MR) is 47.7 cm³/mol. The highest BCUT2D eigenvalue weighted by Gasteiger charge is 2.39. The molecule has 66 valence electrons. The van der Waals surface area contributed by atoms with Crippen LogP contribution in [0.3, 0.4) is 0 Å². The molecule has 0 spiro atoms. The highest BCUT2D eigenvalue weighted by Crippen LogP contribution is 2.37. The molecule has 0 bridgehead atoms. The van der Waals surface area contributed by atoms with E-state index in [-0.39, 0.29) is 0 Å². The molecule has 0 N–H and O–H groups in total. The number of fused-ring (bicyclic) bond motifs is 1. The zero-order valence-corrected chi connectivity index (χ0v) is 7.55. The molecule has 0 aromatic carbocycles. The zero-order valence-electron chi connectivity index (χ0n) is 7.55. The average molecular weight is 165 g/mol. The fraction of sp³-hybridized carbons (Fsp3) is 0.700. The molecule has 0 aromatic heterocycles. The summed E-state index contributed by atoms with van der Waals surface area (Å²) in [6, 6.07) is 0.517. The highest BCUT2D eigenvalue weighted by atomic mass is 16.2. The van der Waals surface area contributed by atoms with Crippen LogP contribution in [-0.2, 0) is 4.79 Å². The molecule has 12 heavy (non-hydrogen) atoms. The lowest BCUT2D eigenvalue weighted by Gasteiger charge is -2.30. The smallest absolute Gasteiger partial charge is 0.222 e. The normalized spacial score (nSPS) is 35.6. The molecule has 1 saturated heterocycles. The van der Waals surface area contributed by atoms with Crippen molar-refractivity contribution in [2.75, 3.05) is 7.05 Å². The summed E-state index contributed by atoms with van der Waals surface area (Å²) in [5.74, 6) is 0.892. The third kappa shape index (κ3) is 1.06. The molecule has 2 unspecified atom stereocenters. The molecule has 1 aliphatic heterocycles. The van der Waals surface area contributed by atoms with Crippen LogP contribution in [0, 0.1) is 5.92 Å². The lowest BCUT2D eigenvalue weighted by atomic mass is 9.83. The monoisotopic (exact) mass is 165 g/mol. The van der Waals surface area contributed by atoms with Crippen LogP contribution in [0.1, 0.15) is 25.7 Å². The summed E-state index contributed by atoms with van der Waals surface area (Å²) < 4.78 is 0. The Morgan fingerprint density at radius 1 is 1.50 bits per heavy atom. The summed E-state index contributed by atoms with van der Waals surface area (Å²) in [5.41, 5.74) is 1.33. The van der Waals surface area contributed by atoms with Crippen molar-refractivity contribution in [3.63, 3.8) is 0 Å². The van der Waals surface area contributed by atoms with Gasteiger partial charge in [0.05, 0.1) is 0 Å². The van der Waals surface area contributed by atoms with Crippen molar-refractivity contribution in [3.05, 3.63) is 12.2 Å². The molecule has 2 rings (SSSR count). The Morgan fingerprint density at radius 3 is 3.00 bits per heavy atom. The molecular weight excluding hydrogens is 150 g/mol. The minimum Gasteiger partial charge on any atom is -0.342 e. The standard InChI is InChI=1S/C10H15NO/c1-7-3-4-9-8(5-7)6-10(12)11(9)2/h8-9H,1,3-6H2,2H3. The summed E-state index contributed by atoms with van der Waals surface area (Å²) in [4.78, 5) is 13.3. The predicted octanol–water partition coefficient (Wildman–Crippen LogP) is 1.57. The van der Waals surface area contributed by atoms with E-state index in [0.717, 1.165) is 25.7 Å². The third-order valence-corrected chi connectivity index (χ3v) is 3.22. The molecule has 1 aliphatic carbocycles. The second-order valence-electron chi connectivity index (χ2n) is 4.03. The van der Waals surface area contributed by atoms with Crippen LogP contribution in [0.2, 0.25) is 0 Å². The van der Waals surface area contributed by atoms with Crippen LogP contribution in [-0.4, -0.2) is 23.9 Å². The van der Waals surface area contributed by atoms with Gasteiger partial charge >= 0.3 is 0 Å². The molecular formula is C10H15NO. The van der Waals surface area contributed by atoms with E-state index in [1.54, 1.807) is 0 Å². The van der Waals surface area contributed by atoms with E-state index in [4.69, 9.17) is 0 Å². The van der Waals surface area contributed by atoms with Gasteiger partial charge in [-0.3, -0.25) is 4.79 Å². The minimum atomic E-state index is 0.319. The van der Waals surface area contributed by atoms with Crippen LogP contribution in [0.4, 0.5) is 0 Å². The molecule has 2 heteroatoms. The molecule has 0 radical (unpaired) electrons. The van der Waals surface area contributed by atoms with Crippen LogP contribution in [0.25, 0.3) is 0 Å². The Balaban J connectivity index is 2.14. The quantitative estimate of drug-likeness (QED) is 0.499. The van der Waals surface area contributed by atoms with E-state index in [9.17, 15) is 4.79 Å². The zero-order chi connectivity index (χ0) is 8.72. The van der Waals surface area contributed by atoms with Gasteiger partial charge in [0.1, 0.15) is 0 Å². The molecule has 2 atom stereocenters. The fourth-order valence-corrected chi connectivity index (χ4v) is 2.47. The molecule has 2 nitrogen and oxygen atoms in total. The van der Waals surface area contributed by atoms with Crippen LogP contribution >= 0.6 is 0 Å². The second-order valence-corrected chi connectivity index (χ2v) is 4.03. The molecule has 2 aliphatic rings. The molecule has 1 amide bonds. The van der Waals surface area contributed by atoms with Gasteiger partial charge in [0.2, 0.25) is 5.91 Å². The van der Waals surface area contributed by atoms with Crippen molar-refractivity contribution in [2.24, 2.45) is 5.92 Å². The van der Waals surface area contributed by atoms with Crippen molar-refractivity contribution in [3.8, 4) is 0 Å². The van der Waals surface area contributed by atoms with E-state index in [1.807, 2.05) is 11.9 Å². The Labute approximate surface area is 73.2 Å². The highest BCUT2D eigenvalue weighted by molar-refractivity contribution is 5.79. The first-order chi connectivity index (χ1) is 5.68. The van der Waals surface area contributed by atoms with E-state index < -0.39 is 0 Å². The number of rotatable bonds is 0. The summed E-state index contributed by atoms with van der Waals surface area (Å²) >= 11 is 0. The lowest BCUT2D eigenvalue weighted by Crippen LogP contribution is -2.33. The number of carbonyl (C=O) groups is 1. The maximum Gasteiger partial charge on any atom is 0.222 e. The summed E-state index contributed by atoms with van der Waals surface area (Å²) in [6.07, 6.45) is 4.06. The van der Waals surface area contributed by atoms with Crippen LogP contribution in [0.15, 0.2) is 12.2 Å². The van der Waals surface area contributed by atoms with Gasteiger partial charge in [0.25, 0.3) is 0 Å². The average Bonchev–Trinajstić information content (AvgIpc) is 2.28. The van der Waals surface area contributed by atoms with Gasteiger partial charge in [-0.15, -0.1) is 0 Å². The Hall–Kier alpha value is -0.790. The van der Waals surface area contributed by atoms with Gasteiger partial charge in [0.15, 0.2) is 0 Å². The molecule has 1 saturated carbocycles. The van der Waals surface area contributed by atoms with E-state index in [0.29, 0.717) is 17.9 Å². The van der Waals surface area contributed by atoms with Crippen molar-refractivity contribution >= 4 is 5.91 Å². The largest absolute Gasteiger partial charge is 0.342 e. The Morgan fingerprint density at radius 2 is 2.25 bits per heavy atom. The first kappa shape index (κ1) is 7.84. The fourth-order valence-electron chi connectivity index (χ4n) is 2.47. The first-order valence-electron chi connectivity index (χ1n) is 4.61. The number of likely N-dealkylation sites (tertiary alicyclic amines) is 1. The maximum atomic E-state index is 11.3. The summed E-state index contributed by atoms with van der Waals surface area (Å²) in [6.45, 7) is 3.99. The van der Waals surface area contributed by atoms with Gasteiger partial charge in [-0.1, -0.05) is 12.2 Å². The van der Waals surface area contributed by atoms with Crippen molar-refractivity contribution < 1.29 is 4.79 Å². The molecule has 1 heterocycles. The van der Waals surface area contributed by atoms with Gasteiger partial charge in [-0.2, -0.15) is 0 Å². The topological polar surface area (TPSA) is 20.3 Å². The maximum absolute atomic E-state index is 11.3. The molecule has 2 fully saturated rings. The SMILES string of the molecule is C=C1CCC2C(C1)CC(=O)N2C.